The third kappa shape index (κ3) is 2.79. The molecule has 112 valence electrons. The first-order valence-corrected chi connectivity index (χ1v) is 8.36. The van der Waals surface area contributed by atoms with Gasteiger partial charge in [-0.05, 0) is 43.2 Å². The number of hydrogen-bond acceptors (Lipinski definition) is 4. The number of hydrogen-bond donors (Lipinski definition) is 1. The van der Waals surface area contributed by atoms with Gasteiger partial charge in [0.2, 0.25) is 10.0 Å². The summed E-state index contributed by atoms with van der Waals surface area (Å²) in [5.74, 6) is 0. The number of piperidine rings is 1. The van der Waals surface area contributed by atoms with Crippen LogP contribution in [-0.4, -0.2) is 35.6 Å². The first-order valence-electron chi connectivity index (χ1n) is 6.92. The lowest BCUT2D eigenvalue weighted by atomic mass is 10.1. The van der Waals surface area contributed by atoms with E-state index in [-0.39, 0.29) is 10.9 Å². The zero-order valence-corrected chi connectivity index (χ0v) is 12.4. The molecule has 3 rings (SSSR count). The Labute approximate surface area is 124 Å². The molecule has 1 fully saturated rings. The molecule has 1 unspecified atom stereocenters. The van der Waals surface area contributed by atoms with Crippen LogP contribution in [0.1, 0.15) is 18.9 Å². The van der Waals surface area contributed by atoms with Gasteiger partial charge >= 0.3 is 0 Å². The van der Waals surface area contributed by atoms with Gasteiger partial charge in [0.15, 0.2) is 0 Å². The predicted molar refractivity (Wildman–Crippen MR) is 80.1 cm³/mol. The molecule has 6 nitrogen and oxygen atoms in total. The van der Waals surface area contributed by atoms with Crippen LogP contribution in [0.2, 0.25) is 0 Å². The molecule has 1 aromatic carbocycles. The number of sulfonamides is 1. The van der Waals surface area contributed by atoms with Gasteiger partial charge in [-0.1, -0.05) is 0 Å². The van der Waals surface area contributed by atoms with Gasteiger partial charge in [0.1, 0.15) is 0 Å². The van der Waals surface area contributed by atoms with Crippen LogP contribution in [0.25, 0.3) is 0 Å². The van der Waals surface area contributed by atoms with Gasteiger partial charge in [0.05, 0.1) is 10.9 Å². The molecule has 0 bridgehead atoms. The minimum Gasteiger partial charge on any atom is -0.399 e. The van der Waals surface area contributed by atoms with E-state index in [1.54, 1.807) is 30.5 Å². The molecular weight excluding hydrogens is 288 g/mol. The summed E-state index contributed by atoms with van der Waals surface area (Å²) in [6.45, 7) is 0.999. The van der Waals surface area contributed by atoms with E-state index in [1.165, 1.54) is 4.31 Å². The monoisotopic (exact) mass is 306 g/mol. The Kier molecular flexibility index (Phi) is 3.69. The molecule has 0 radical (unpaired) electrons. The molecule has 0 aliphatic carbocycles. The van der Waals surface area contributed by atoms with Crippen molar-refractivity contribution in [3.05, 3.63) is 42.7 Å². The maximum atomic E-state index is 12.7. The lowest BCUT2D eigenvalue weighted by Crippen LogP contribution is -2.40. The molecule has 7 heteroatoms. The smallest absolute Gasteiger partial charge is 0.243 e. The Morgan fingerprint density at radius 3 is 2.67 bits per heavy atom. The van der Waals surface area contributed by atoms with Crippen molar-refractivity contribution in [1.82, 2.24) is 14.1 Å². The lowest BCUT2D eigenvalue weighted by molar-refractivity contribution is 0.254. The van der Waals surface area contributed by atoms with Gasteiger partial charge < -0.3 is 5.73 Å². The average Bonchev–Trinajstić information content (AvgIpc) is 3.02. The van der Waals surface area contributed by atoms with E-state index < -0.39 is 10.0 Å². The summed E-state index contributed by atoms with van der Waals surface area (Å²) in [6, 6.07) is 8.29. The van der Waals surface area contributed by atoms with Gasteiger partial charge in [-0.25, -0.2) is 8.42 Å². The first kappa shape index (κ1) is 14.1. The molecule has 1 atom stereocenters. The second kappa shape index (κ2) is 5.50. The van der Waals surface area contributed by atoms with Crippen molar-refractivity contribution < 1.29 is 8.42 Å². The fourth-order valence-corrected chi connectivity index (χ4v) is 4.16. The van der Waals surface area contributed by atoms with Gasteiger partial charge in [-0.2, -0.15) is 9.40 Å². The summed E-state index contributed by atoms with van der Waals surface area (Å²) in [5.41, 5.74) is 6.17. The highest BCUT2D eigenvalue weighted by Gasteiger charge is 2.31. The minimum absolute atomic E-state index is 0.0947. The zero-order chi connectivity index (χ0) is 14.9. The summed E-state index contributed by atoms with van der Waals surface area (Å²) in [4.78, 5) is 0.290. The topological polar surface area (TPSA) is 81.2 Å². The Bertz CT molecular complexity index is 695. The molecule has 1 aliphatic heterocycles. The second-order valence-electron chi connectivity index (χ2n) is 5.21. The molecule has 0 amide bonds. The quantitative estimate of drug-likeness (QED) is 0.871. The van der Waals surface area contributed by atoms with E-state index in [1.807, 2.05) is 16.9 Å². The highest BCUT2D eigenvalue weighted by atomic mass is 32.2. The molecular formula is C14H18N4O2S. The van der Waals surface area contributed by atoms with E-state index in [9.17, 15) is 8.42 Å². The van der Waals surface area contributed by atoms with Crippen molar-refractivity contribution in [1.29, 1.82) is 0 Å². The molecule has 1 aliphatic rings. The van der Waals surface area contributed by atoms with Crippen LogP contribution in [0.3, 0.4) is 0 Å². The highest BCUT2D eigenvalue weighted by Crippen LogP contribution is 2.26. The average molecular weight is 306 g/mol. The van der Waals surface area contributed by atoms with Crippen LogP contribution in [0.15, 0.2) is 47.6 Å². The normalized spacial score (nSPS) is 20.5. The van der Waals surface area contributed by atoms with Crippen molar-refractivity contribution in [3.8, 4) is 0 Å². The molecule has 2 N–H and O–H groups in total. The number of aromatic nitrogens is 2. The largest absolute Gasteiger partial charge is 0.399 e. The van der Waals surface area contributed by atoms with Crippen molar-refractivity contribution in [2.45, 2.75) is 23.8 Å². The van der Waals surface area contributed by atoms with Crippen molar-refractivity contribution >= 4 is 15.7 Å². The third-order valence-electron chi connectivity index (χ3n) is 3.78. The number of nitrogen functional groups attached to an aromatic ring is 1. The Morgan fingerprint density at radius 1 is 1.24 bits per heavy atom. The van der Waals surface area contributed by atoms with Crippen LogP contribution in [0.4, 0.5) is 5.69 Å². The van der Waals surface area contributed by atoms with Crippen LogP contribution in [0.5, 0.6) is 0 Å². The van der Waals surface area contributed by atoms with Crippen LogP contribution in [0, 0.1) is 0 Å². The molecule has 2 aromatic rings. The van der Waals surface area contributed by atoms with Crippen molar-refractivity contribution in [3.63, 3.8) is 0 Å². The number of nitrogens with zero attached hydrogens (tertiary/aromatic N) is 3. The fraction of sp³-hybridized carbons (Fsp3) is 0.357. The fourth-order valence-electron chi connectivity index (χ4n) is 2.64. The number of anilines is 1. The first-order chi connectivity index (χ1) is 10.1. The second-order valence-corrected chi connectivity index (χ2v) is 7.15. The number of nitrogens with two attached hydrogens (primary N) is 1. The maximum absolute atomic E-state index is 12.7. The minimum atomic E-state index is -3.47. The highest BCUT2D eigenvalue weighted by molar-refractivity contribution is 7.89. The summed E-state index contributed by atoms with van der Waals surface area (Å²) >= 11 is 0. The third-order valence-corrected chi connectivity index (χ3v) is 5.66. The molecule has 1 aromatic heterocycles. The van der Waals surface area contributed by atoms with Gasteiger partial charge in [-0.15, -0.1) is 0 Å². The summed E-state index contributed by atoms with van der Waals surface area (Å²) in [5, 5.41) is 4.22. The van der Waals surface area contributed by atoms with Gasteiger partial charge in [-0.3, -0.25) is 4.68 Å². The maximum Gasteiger partial charge on any atom is 0.243 e. The summed E-state index contributed by atoms with van der Waals surface area (Å²) in [7, 11) is -3.47. The summed E-state index contributed by atoms with van der Waals surface area (Å²) < 4.78 is 28.7. The van der Waals surface area contributed by atoms with Crippen LogP contribution >= 0.6 is 0 Å². The van der Waals surface area contributed by atoms with E-state index in [4.69, 9.17) is 5.73 Å². The number of rotatable bonds is 3. The Morgan fingerprint density at radius 2 is 2.00 bits per heavy atom. The Balaban J connectivity index is 1.83. The SMILES string of the molecule is Nc1ccc(S(=O)(=O)N2CCCC(n3cccn3)C2)cc1. The van der Waals surface area contributed by atoms with E-state index in [2.05, 4.69) is 5.10 Å². The van der Waals surface area contributed by atoms with E-state index in [0.717, 1.165) is 12.8 Å². The molecule has 1 saturated heterocycles. The van der Waals surface area contributed by atoms with Crippen molar-refractivity contribution in [2.24, 2.45) is 0 Å². The molecule has 2 heterocycles. The van der Waals surface area contributed by atoms with Gasteiger partial charge in [0, 0.05) is 31.2 Å². The zero-order valence-electron chi connectivity index (χ0n) is 11.6. The number of benzene rings is 1. The molecule has 0 spiro atoms. The van der Waals surface area contributed by atoms with Gasteiger partial charge in [0.25, 0.3) is 0 Å². The Hall–Kier alpha value is -1.86. The standard InChI is InChI=1S/C14H18N4O2S/c15-12-4-6-14(7-5-12)21(19,20)17-9-1-3-13(11-17)18-10-2-8-16-18/h2,4-8,10,13H,1,3,9,11,15H2. The van der Waals surface area contributed by atoms with E-state index >= 15 is 0 Å². The predicted octanol–water partition coefficient (Wildman–Crippen LogP) is 1.49. The molecule has 21 heavy (non-hydrogen) atoms. The summed E-state index contributed by atoms with van der Waals surface area (Å²) in [6.07, 6.45) is 5.37. The lowest BCUT2D eigenvalue weighted by Gasteiger charge is -2.32. The van der Waals surface area contributed by atoms with Crippen LogP contribution in [-0.2, 0) is 10.0 Å². The molecule has 0 saturated carbocycles. The van der Waals surface area contributed by atoms with Crippen molar-refractivity contribution in [2.75, 3.05) is 18.8 Å². The van der Waals surface area contributed by atoms with Crippen LogP contribution < -0.4 is 5.73 Å². The van der Waals surface area contributed by atoms with E-state index in [0.29, 0.717) is 18.8 Å².